The largest absolute Gasteiger partial charge is 0.306 e. The first-order valence-corrected chi connectivity index (χ1v) is 7.92. The molecular formula is C13H12BrCl2NS. The molecule has 1 heterocycles. The van der Waals surface area contributed by atoms with Gasteiger partial charge in [-0.2, -0.15) is 0 Å². The SMILES string of the molecule is CCNC(c1ccc(Br)c(Cl)c1)c1ccc(Cl)s1. The van der Waals surface area contributed by atoms with E-state index in [9.17, 15) is 0 Å². The molecule has 2 rings (SSSR count). The molecule has 0 saturated carbocycles. The smallest absolute Gasteiger partial charge is 0.0931 e. The number of nitrogens with one attached hydrogen (secondary N) is 1. The Bertz CT molecular complexity index is 542. The van der Waals surface area contributed by atoms with Gasteiger partial charge in [0.1, 0.15) is 0 Å². The van der Waals surface area contributed by atoms with Gasteiger partial charge in [-0.25, -0.2) is 0 Å². The van der Waals surface area contributed by atoms with E-state index in [4.69, 9.17) is 23.2 Å². The van der Waals surface area contributed by atoms with Crippen LogP contribution in [0.5, 0.6) is 0 Å². The summed E-state index contributed by atoms with van der Waals surface area (Å²) in [5, 5.41) is 4.17. The minimum Gasteiger partial charge on any atom is -0.306 e. The zero-order chi connectivity index (χ0) is 13.1. The standard InChI is InChI=1S/C13H12BrCl2NS/c1-2-17-13(11-5-6-12(16)18-11)8-3-4-9(14)10(15)7-8/h3-7,13,17H,2H2,1H3. The second-order valence-electron chi connectivity index (χ2n) is 3.81. The van der Waals surface area contributed by atoms with Crippen LogP contribution >= 0.6 is 50.5 Å². The van der Waals surface area contributed by atoms with Gasteiger partial charge in [0, 0.05) is 9.35 Å². The van der Waals surface area contributed by atoms with E-state index in [1.54, 1.807) is 11.3 Å². The molecule has 1 unspecified atom stereocenters. The quantitative estimate of drug-likeness (QED) is 0.753. The first-order chi connectivity index (χ1) is 8.61. The zero-order valence-electron chi connectivity index (χ0n) is 9.71. The molecule has 0 aliphatic heterocycles. The molecule has 0 aliphatic carbocycles. The fraction of sp³-hybridized carbons (Fsp3) is 0.231. The van der Waals surface area contributed by atoms with Gasteiger partial charge in [0.15, 0.2) is 0 Å². The molecule has 18 heavy (non-hydrogen) atoms. The van der Waals surface area contributed by atoms with Crippen molar-refractivity contribution in [3.05, 3.63) is 54.6 Å². The molecule has 0 bridgehead atoms. The molecule has 1 nitrogen and oxygen atoms in total. The summed E-state index contributed by atoms with van der Waals surface area (Å²) in [6.45, 7) is 2.97. The fourth-order valence-corrected chi connectivity index (χ4v) is 3.36. The molecule has 1 atom stereocenters. The third-order valence-electron chi connectivity index (χ3n) is 2.56. The molecule has 5 heteroatoms. The lowest BCUT2D eigenvalue weighted by Gasteiger charge is -2.17. The Kier molecular flexibility index (Phi) is 5.10. The van der Waals surface area contributed by atoms with Crippen LogP contribution in [-0.4, -0.2) is 6.54 Å². The van der Waals surface area contributed by atoms with Crippen LogP contribution in [0.25, 0.3) is 0 Å². The molecule has 0 aliphatic rings. The van der Waals surface area contributed by atoms with E-state index >= 15 is 0 Å². The van der Waals surface area contributed by atoms with Crippen molar-refractivity contribution in [2.45, 2.75) is 13.0 Å². The van der Waals surface area contributed by atoms with Crippen molar-refractivity contribution in [2.24, 2.45) is 0 Å². The number of halogens is 3. The summed E-state index contributed by atoms with van der Waals surface area (Å²) >= 11 is 17.2. The third kappa shape index (κ3) is 3.28. The molecule has 1 aromatic heterocycles. The van der Waals surface area contributed by atoms with Gasteiger partial charge in [0.05, 0.1) is 15.4 Å². The van der Waals surface area contributed by atoms with Crippen LogP contribution in [0, 0.1) is 0 Å². The van der Waals surface area contributed by atoms with Gasteiger partial charge in [0.25, 0.3) is 0 Å². The van der Waals surface area contributed by atoms with Crippen molar-refractivity contribution >= 4 is 50.5 Å². The minimum atomic E-state index is 0.137. The lowest BCUT2D eigenvalue weighted by Crippen LogP contribution is -2.21. The van der Waals surface area contributed by atoms with Crippen molar-refractivity contribution in [3.8, 4) is 0 Å². The van der Waals surface area contributed by atoms with Crippen LogP contribution in [0.1, 0.15) is 23.4 Å². The normalized spacial score (nSPS) is 12.7. The lowest BCUT2D eigenvalue weighted by atomic mass is 10.1. The summed E-state index contributed by atoms with van der Waals surface area (Å²) in [6, 6.07) is 10.1. The van der Waals surface area contributed by atoms with Gasteiger partial charge in [-0.05, 0) is 52.3 Å². The number of thiophene rings is 1. The van der Waals surface area contributed by atoms with Crippen LogP contribution in [0.4, 0.5) is 0 Å². The Morgan fingerprint density at radius 2 is 2.06 bits per heavy atom. The average molecular weight is 365 g/mol. The molecular weight excluding hydrogens is 353 g/mol. The highest BCUT2D eigenvalue weighted by Gasteiger charge is 2.16. The number of rotatable bonds is 4. The predicted octanol–water partition coefficient (Wildman–Crippen LogP) is 5.52. The maximum absolute atomic E-state index is 6.15. The van der Waals surface area contributed by atoms with Crippen LogP contribution in [0.15, 0.2) is 34.8 Å². The summed E-state index contributed by atoms with van der Waals surface area (Å²) in [4.78, 5) is 1.19. The molecule has 0 amide bonds. The summed E-state index contributed by atoms with van der Waals surface area (Å²) in [5.41, 5.74) is 1.14. The molecule has 0 radical (unpaired) electrons. The summed E-state index contributed by atoms with van der Waals surface area (Å²) in [7, 11) is 0. The monoisotopic (exact) mass is 363 g/mol. The Morgan fingerprint density at radius 1 is 1.28 bits per heavy atom. The first kappa shape index (κ1) is 14.4. The van der Waals surface area contributed by atoms with Crippen molar-refractivity contribution in [2.75, 3.05) is 6.54 Å². The van der Waals surface area contributed by atoms with Gasteiger partial charge in [-0.1, -0.05) is 36.2 Å². The van der Waals surface area contributed by atoms with Gasteiger partial charge >= 0.3 is 0 Å². The Hall–Kier alpha value is -0.0600. The van der Waals surface area contributed by atoms with E-state index < -0.39 is 0 Å². The van der Waals surface area contributed by atoms with E-state index in [1.807, 2.05) is 18.2 Å². The Labute approximate surface area is 129 Å². The van der Waals surface area contributed by atoms with E-state index in [2.05, 4.69) is 40.3 Å². The van der Waals surface area contributed by atoms with Gasteiger partial charge in [-0.3, -0.25) is 0 Å². The first-order valence-electron chi connectivity index (χ1n) is 5.55. The Balaban J connectivity index is 2.37. The van der Waals surface area contributed by atoms with E-state index in [0.29, 0.717) is 0 Å². The molecule has 0 fully saturated rings. The van der Waals surface area contributed by atoms with E-state index in [1.165, 1.54) is 4.88 Å². The third-order valence-corrected chi connectivity index (χ3v) is 5.09. The topological polar surface area (TPSA) is 12.0 Å². The highest BCUT2D eigenvalue weighted by Crippen LogP contribution is 2.33. The molecule has 1 aromatic carbocycles. The summed E-state index contributed by atoms with van der Waals surface area (Å²) in [5.74, 6) is 0. The highest BCUT2D eigenvalue weighted by molar-refractivity contribution is 9.10. The van der Waals surface area contributed by atoms with Crippen LogP contribution < -0.4 is 5.32 Å². The highest BCUT2D eigenvalue weighted by atomic mass is 79.9. The maximum atomic E-state index is 6.15. The number of benzene rings is 1. The molecule has 96 valence electrons. The minimum absolute atomic E-state index is 0.137. The van der Waals surface area contributed by atoms with Gasteiger partial charge in [-0.15, -0.1) is 11.3 Å². The predicted molar refractivity (Wildman–Crippen MR) is 84.0 cm³/mol. The fourth-order valence-electron chi connectivity index (χ4n) is 1.76. The summed E-state index contributed by atoms with van der Waals surface area (Å²) in [6.07, 6.45) is 0. The van der Waals surface area contributed by atoms with Crippen molar-refractivity contribution in [1.82, 2.24) is 5.32 Å². The van der Waals surface area contributed by atoms with E-state index in [-0.39, 0.29) is 6.04 Å². The number of hydrogen-bond donors (Lipinski definition) is 1. The van der Waals surface area contributed by atoms with Gasteiger partial charge in [0.2, 0.25) is 0 Å². The molecule has 1 N–H and O–H groups in total. The van der Waals surface area contributed by atoms with Gasteiger partial charge < -0.3 is 5.32 Å². The molecule has 0 spiro atoms. The molecule has 2 aromatic rings. The average Bonchev–Trinajstić information content (AvgIpc) is 2.76. The maximum Gasteiger partial charge on any atom is 0.0931 e. The zero-order valence-corrected chi connectivity index (χ0v) is 13.6. The van der Waals surface area contributed by atoms with Crippen LogP contribution in [0.3, 0.4) is 0 Å². The molecule has 0 saturated heterocycles. The van der Waals surface area contributed by atoms with Crippen molar-refractivity contribution < 1.29 is 0 Å². The van der Waals surface area contributed by atoms with Crippen LogP contribution in [0.2, 0.25) is 9.36 Å². The van der Waals surface area contributed by atoms with Crippen LogP contribution in [-0.2, 0) is 0 Å². The van der Waals surface area contributed by atoms with Crippen molar-refractivity contribution in [3.63, 3.8) is 0 Å². The van der Waals surface area contributed by atoms with E-state index in [0.717, 1.165) is 25.9 Å². The van der Waals surface area contributed by atoms with Crippen molar-refractivity contribution in [1.29, 1.82) is 0 Å². The lowest BCUT2D eigenvalue weighted by molar-refractivity contribution is 0.639. The second kappa shape index (κ2) is 6.40. The number of hydrogen-bond acceptors (Lipinski definition) is 2. The Morgan fingerprint density at radius 3 is 2.61 bits per heavy atom. The second-order valence-corrected chi connectivity index (χ2v) is 6.81. The summed E-state index contributed by atoms with van der Waals surface area (Å²) < 4.78 is 1.71.